The number of hydrogen-bond acceptors (Lipinski definition) is 3. The van der Waals surface area contributed by atoms with Gasteiger partial charge in [-0.25, -0.2) is 8.42 Å². The van der Waals surface area contributed by atoms with Crippen molar-refractivity contribution in [3.63, 3.8) is 0 Å². The molecule has 21 heavy (non-hydrogen) atoms. The molecule has 0 fully saturated rings. The van der Waals surface area contributed by atoms with Crippen LogP contribution in [-0.2, 0) is 20.9 Å². The van der Waals surface area contributed by atoms with Crippen LogP contribution in [0, 0.1) is 0 Å². The van der Waals surface area contributed by atoms with Crippen LogP contribution in [0.25, 0.3) is 0 Å². The van der Waals surface area contributed by atoms with Crippen molar-refractivity contribution in [2.24, 2.45) is 0 Å². The number of halogens is 4. The first-order valence-corrected chi connectivity index (χ1v) is 8.52. The number of hydrogen-bond donors (Lipinski definition) is 0. The van der Waals surface area contributed by atoms with Crippen molar-refractivity contribution in [2.75, 3.05) is 32.1 Å². The maximum absolute atomic E-state index is 13.0. The molecule has 0 spiro atoms. The Morgan fingerprint density at radius 2 is 1.86 bits per heavy atom. The normalized spacial score (nSPS) is 12.9. The fourth-order valence-corrected chi connectivity index (χ4v) is 4.00. The zero-order valence-corrected chi connectivity index (χ0v) is 13.6. The lowest BCUT2D eigenvalue weighted by Gasteiger charge is -2.23. The Morgan fingerprint density at radius 1 is 1.24 bits per heavy atom. The molecule has 0 saturated carbocycles. The Hall–Kier alpha value is -0.640. The fraction of sp³-hybridized carbons (Fsp3) is 0.500. The highest BCUT2D eigenvalue weighted by atomic mass is 79.9. The number of nitrogens with zero attached hydrogens (tertiary/aromatic N) is 1. The van der Waals surface area contributed by atoms with Gasteiger partial charge < -0.3 is 4.74 Å². The van der Waals surface area contributed by atoms with E-state index in [1.165, 1.54) is 13.2 Å². The van der Waals surface area contributed by atoms with Crippen LogP contribution in [0.15, 0.2) is 29.2 Å². The van der Waals surface area contributed by atoms with Gasteiger partial charge in [-0.3, -0.25) is 0 Å². The Balaban J connectivity index is 3.28. The molecule has 0 atom stereocenters. The molecule has 0 aromatic heterocycles. The lowest BCUT2D eigenvalue weighted by Crippen LogP contribution is -2.36. The summed E-state index contributed by atoms with van der Waals surface area (Å²) >= 11 is 3.10. The molecule has 0 heterocycles. The van der Waals surface area contributed by atoms with E-state index in [0.717, 1.165) is 22.5 Å². The minimum absolute atomic E-state index is 0.0172. The maximum Gasteiger partial charge on any atom is 0.417 e. The third-order valence-corrected chi connectivity index (χ3v) is 5.00. The minimum Gasteiger partial charge on any atom is -0.383 e. The van der Waals surface area contributed by atoms with Gasteiger partial charge in [0, 0.05) is 25.5 Å². The molecular weight excluding hydrogens is 375 g/mol. The van der Waals surface area contributed by atoms with Crippen LogP contribution < -0.4 is 0 Å². The van der Waals surface area contributed by atoms with Gasteiger partial charge >= 0.3 is 6.18 Å². The van der Waals surface area contributed by atoms with Crippen molar-refractivity contribution in [1.82, 2.24) is 4.31 Å². The summed E-state index contributed by atoms with van der Waals surface area (Å²) in [4.78, 5) is -0.741. The first kappa shape index (κ1) is 18.4. The molecule has 9 heteroatoms. The van der Waals surface area contributed by atoms with Crippen molar-refractivity contribution in [1.29, 1.82) is 0 Å². The number of rotatable bonds is 7. The van der Waals surface area contributed by atoms with E-state index in [4.69, 9.17) is 4.74 Å². The van der Waals surface area contributed by atoms with Crippen LogP contribution in [0.3, 0.4) is 0 Å². The highest BCUT2D eigenvalue weighted by Crippen LogP contribution is 2.35. The van der Waals surface area contributed by atoms with Crippen molar-refractivity contribution in [3.05, 3.63) is 29.8 Å². The minimum atomic E-state index is -4.73. The van der Waals surface area contributed by atoms with E-state index in [2.05, 4.69) is 15.9 Å². The second-order valence-corrected chi connectivity index (χ2v) is 6.78. The van der Waals surface area contributed by atoms with Crippen LogP contribution in [0.4, 0.5) is 13.2 Å². The predicted octanol–water partition coefficient (Wildman–Crippen LogP) is 2.74. The average molecular weight is 390 g/mol. The Labute approximate surface area is 130 Å². The van der Waals surface area contributed by atoms with Crippen LogP contribution in [0.2, 0.25) is 0 Å². The Kier molecular flexibility index (Phi) is 6.64. The molecule has 0 radical (unpaired) electrons. The van der Waals surface area contributed by atoms with Crippen LogP contribution in [-0.4, -0.2) is 44.9 Å². The summed E-state index contributed by atoms with van der Waals surface area (Å²) in [6, 6.07) is 4.15. The molecule has 0 saturated heterocycles. The summed E-state index contributed by atoms with van der Waals surface area (Å²) in [5, 5.41) is 0.310. The molecule has 4 nitrogen and oxygen atoms in total. The molecular formula is C12H15BrF3NO3S. The fourth-order valence-electron chi connectivity index (χ4n) is 1.70. The number of sulfonamides is 1. The van der Waals surface area contributed by atoms with E-state index in [-0.39, 0.29) is 19.7 Å². The first-order chi connectivity index (χ1) is 9.75. The highest BCUT2D eigenvalue weighted by molar-refractivity contribution is 9.09. The highest BCUT2D eigenvalue weighted by Gasteiger charge is 2.38. The van der Waals surface area contributed by atoms with E-state index in [0.29, 0.717) is 5.33 Å². The van der Waals surface area contributed by atoms with Crippen molar-refractivity contribution in [3.8, 4) is 0 Å². The molecule has 0 aliphatic carbocycles. The van der Waals surface area contributed by atoms with Crippen molar-refractivity contribution in [2.45, 2.75) is 11.1 Å². The maximum atomic E-state index is 13.0. The van der Waals surface area contributed by atoms with E-state index in [1.54, 1.807) is 0 Å². The van der Waals surface area contributed by atoms with Gasteiger partial charge in [-0.15, -0.1) is 0 Å². The van der Waals surface area contributed by atoms with Gasteiger partial charge in [-0.1, -0.05) is 28.1 Å². The van der Waals surface area contributed by atoms with Crippen molar-refractivity contribution < 1.29 is 26.3 Å². The number of benzene rings is 1. The standard InChI is InChI=1S/C12H15BrF3NO3S/c1-20-9-8-17(7-6-13)21(18,19)11-5-3-2-4-10(11)12(14,15)16/h2-5H,6-9H2,1H3. The number of ether oxygens (including phenoxy) is 1. The molecule has 0 amide bonds. The molecule has 0 N–H and O–H groups in total. The SMILES string of the molecule is COCCN(CCBr)S(=O)(=O)c1ccccc1C(F)(F)F. The van der Waals surface area contributed by atoms with Gasteiger partial charge in [0.2, 0.25) is 10.0 Å². The Bertz CT molecular complexity index is 563. The topological polar surface area (TPSA) is 46.6 Å². The number of alkyl halides is 4. The average Bonchev–Trinajstić information content (AvgIpc) is 2.42. The first-order valence-electron chi connectivity index (χ1n) is 5.96. The second kappa shape index (κ2) is 7.57. The zero-order chi connectivity index (χ0) is 16.1. The van der Waals surface area contributed by atoms with Gasteiger partial charge in [0.25, 0.3) is 0 Å². The van der Waals surface area contributed by atoms with Crippen LogP contribution >= 0.6 is 15.9 Å². The summed E-state index contributed by atoms with van der Waals surface area (Å²) < 4.78 is 69.6. The third kappa shape index (κ3) is 4.67. The van der Waals surface area contributed by atoms with E-state index in [9.17, 15) is 21.6 Å². The Morgan fingerprint density at radius 3 is 2.38 bits per heavy atom. The van der Waals surface area contributed by atoms with Gasteiger partial charge in [0.1, 0.15) is 0 Å². The largest absolute Gasteiger partial charge is 0.417 e. The van der Waals surface area contributed by atoms with Gasteiger partial charge in [0.05, 0.1) is 17.1 Å². The quantitative estimate of drug-likeness (QED) is 0.673. The van der Waals surface area contributed by atoms with Crippen LogP contribution in [0.1, 0.15) is 5.56 Å². The molecule has 1 rings (SSSR count). The lowest BCUT2D eigenvalue weighted by atomic mass is 10.2. The molecule has 0 aliphatic heterocycles. The van der Waals surface area contributed by atoms with Gasteiger partial charge in [-0.05, 0) is 12.1 Å². The monoisotopic (exact) mass is 389 g/mol. The van der Waals surface area contributed by atoms with Gasteiger partial charge in [0.15, 0.2) is 0 Å². The van der Waals surface area contributed by atoms with Crippen LogP contribution in [0.5, 0.6) is 0 Å². The zero-order valence-electron chi connectivity index (χ0n) is 11.2. The second-order valence-electron chi connectivity index (χ2n) is 4.08. The summed E-state index contributed by atoms with van der Waals surface area (Å²) in [7, 11) is -2.85. The third-order valence-electron chi connectivity index (χ3n) is 2.69. The summed E-state index contributed by atoms with van der Waals surface area (Å²) in [6.45, 7) is 0.134. The smallest absolute Gasteiger partial charge is 0.383 e. The van der Waals surface area contributed by atoms with Gasteiger partial charge in [-0.2, -0.15) is 17.5 Å². The molecule has 1 aromatic carbocycles. The molecule has 120 valence electrons. The summed E-state index contributed by atoms with van der Waals surface area (Å²) in [5.41, 5.74) is -1.16. The predicted molar refractivity (Wildman–Crippen MR) is 75.9 cm³/mol. The molecule has 0 aliphatic rings. The molecule has 0 bridgehead atoms. The van der Waals surface area contributed by atoms with E-state index < -0.39 is 26.7 Å². The van der Waals surface area contributed by atoms with E-state index >= 15 is 0 Å². The lowest BCUT2D eigenvalue weighted by molar-refractivity contribution is -0.139. The van der Waals surface area contributed by atoms with E-state index in [1.807, 2.05) is 0 Å². The number of methoxy groups -OCH3 is 1. The molecule has 0 unspecified atom stereocenters. The molecule has 1 aromatic rings. The van der Waals surface area contributed by atoms with Crippen molar-refractivity contribution >= 4 is 26.0 Å². The summed E-state index contributed by atoms with van der Waals surface area (Å²) in [6.07, 6.45) is -4.73. The summed E-state index contributed by atoms with van der Waals surface area (Å²) in [5.74, 6) is 0.